The van der Waals surface area contributed by atoms with Crippen LogP contribution in [0.15, 0.2) is 65.3 Å². The van der Waals surface area contributed by atoms with Gasteiger partial charge in [-0.05, 0) is 37.3 Å². The number of anilines is 1. The highest BCUT2D eigenvalue weighted by Crippen LogP contribution is 2.20. The summed E-state index contributed by atoms with van der Waals surface area (Å²) < 4.78 is 19.4. The fourth-order valence-electron chi connectivity index (χ4n) is 2.51. The Balaban J connectivity index is 1.63. The zero-order chi connectivity index (χ0) is 20.1. The van der Waals surface area contributed by atoms with Crippen molar-refractivity contribution in [1.82, 2.24) is 4.98 Å². The number of pyridine rings is 1. The summed E-state index contributed by atoms with van der Waals surface area (Å²) >= 11 is 3.14. The zero-order valence-corrected chi connectivity index (χ0v) is 16.4. The van der Waals surface area contributed by atoms with Gasteiger partial charge in [-0.3, -0.25) is 9.78 Å². The van der Waals surface area contributed by atoms with Gasteiger partial charge in [0.2, 0.25) is 0 Å². The molecule has 3 aromatic rings. The molecule has 1 heterocycles. The van der Waals surface area contributed by atoms with Crippen LogP contribution >= 0.6 is 15.9 Å². The molecule has 28 heavy (non-hydrogen) atoms. The van der Waals surface area contributed by atoms with Gasteiger partial charge in [0.25, 0.3) is 5.91 Å². The van der Waals surface area contributed by atoms with E-state index >= 15 is 0 Å². The lowest BCUT2D eigenvalue weighted by molar-refractivity contribution is -0.148. The van der Waals surface area contributed by atoms with E-state index in [9.17, 15) is 14.0 Å². The molecule has 0 saturated carbocycles. The van der Waals surface area contributed by atoms with Gasteiger partial charge in [0.1, 0.15) is 5.82 Å². The molecule has 0 saturated heterocycles. The Labute approximate surface area is 169 Å². The molecule has 5 nitrogen and oxygen atoms in total. The normalized spacial score (nSPS) is 12.1. The maximum Gasteiger partial charge on any atom is 0.331 e. The standard InChI is InChI=1S/C21H16BrFN2O3/c1-13(21(27)25-18-9-8-16(22)12-17(18)23)28-19(26)10-7-15-5-2-4-14-6-3-11-24-20(14)15/h2-13H,1H3,(H,25,27)/b10-7+. The van der Waals surface area contributed by atoms with E-state index in [4.69, 9.17) is 4.74 Å². The molecular formula is C21H16BrFN2O3. The number of para-hydroxylation sites is 1. The van der Waals surface area contributed by atoms with Crippen LogP contribution in [-0.4, -0.2) is 23.0 Å². The summed E-state index contributed by atoms with van der Waals surface area (Å²) in [6.45, 7) is 1.41. The summed E-state index contributed by atoms with van der Waals surface area (Å²) in [4.78, 5) is 28.5. The highest BCUT2D eigenvalue weighted by molar-refractivity contribution is 9.10. The minimum Gasteiger partial charge on any atom is -0.449 e. The van der Waals surface area contributed by atoms with Crippen molar-refractivity contribution in [1.29, 1.82) is 0 Å². The van der Waals surface area contributed by atoms with Crippen LogP contribution in [0.3, 0.4) is 0 Å². The van der Waals surface area contributed by atoms with Gasteiger partial charge < -0.3 is 10.1 Å². The van der Waals surface area contributed by atoms with Crippen LogP contribution in [0.5, 0.6) is 0 Å². The van der Waals surface area contributed by atoms with E-state index in [-0.39, 0.29) is 5.69 Å². The maximum absolute atomic E-state index is 13.8. The topological polar surface area (TPSA) is 68.3 Å². The second kappa shape index (κ2) is 8.75. The number of halogens is 2. The Hall–Kier alpha value is -3.06. The van der Waals surface area contributed by atoms with Crippen LogP contribution < -0.4 is 5.32 Å². The molecule has 3 rings (SSSR count). The number of benzene rings is 2. The zero-order valence-electron chi connectivity index (χ0n) is 14.9. The lowest BCUT2D eigenvalue weighted by atomic mass is 10.1. The molecule has 0 aliphatic carbocycles. The molecule has 1 N–H and O–H groups in total. The minimum atomic E-state index is -1.09. The molecule has 142 valence electrons. The van der Waals surface area contributed by atoms with Crippen molar-refractivity contribution in [3.05, 3.63) is 76.7 Å². The fraction of sp³-hybridized carbons (Fsp3) is 0.0952. The molecule has 1 aromatic heterocycles. The third-order valence-corrected chi connectivity index (χ3v) is 4.41. The lowest BCUT2D eigenvalue weighted by Gasteiger charge is -2.13. The van der Waals surface area contributed by atoms with Crippen molar-refractivity contribution < 1.29 is 18.7 Å². The first kappa shape index (κ1) is 19.7. The predicted molar refractivity (Wildman–Crippen MR) is 109 cm³/mol. The number of nitrogens with one attached hydrogen (secondary N) is 1. The molecule has 1 atom stereocenters. The number of amides is 1. The quantitative estimate of drug-likeness (QED) is 0.458. The second-order valence-corrected chi connectivity index (χ2v) is 6.86. The number of esters is 1. The summed E-state index contributed by atoms with van der Waals surface area (Å²) in [5.74, 6) is -1.91. The minimum absolute atomic E-state index is 0.00784. The summed E-state index contributed by atoms with van der Waals surface area (Å²) in [5.41, 5.74) is 1.52. The Bertz CT molecular complexity index is 1060. The summed E-state index contributed by atoms with van der Waals surface area (Å²) in [7, 11) is 0. The molecule has 0 radical (unpaired) electrons. The van der Waals surface area contributed by atoms with E-state index in [1.165, 1.54) is 25.1 Å². The fourth-order valence-corrected chi connectivity index (χ4v) is 2.85. The molecule has 2 aromatic carbocycles. The molecule has 1 unspecified atom stereocenters. The first-order valence-electron chi connectivity index (χ1n) is 8.42. The number of rotatable bonds is 5. The Morgan fingerprint density at radius 1 is 1.21 bits per heavy atom. The Morgan fingerprint density at radius 2 is 2.00 bits per heavy atom. The molecule has 0 spiro atoms. The highest BCUT2D eigenvalue weighted by Gasteiger charge is 2.18. The third kappa shape index (κ3) is 4.80. The molecule has 0 fully saturated rings. The van der Waals surface area contributed by atoms with Crippen molar-refractivity contribution >= 4 is 50.5 Å². The smallest absolute Gasteiger partial charge is 0.331 e. The Morgan fingerprint density at radius 3 is 2.79 bits per heavy atom. The van der Waals surface area contributed by atoms with Crippen LogP contribution in [0.4, 0.5) is 10.1 Å². The van der Waals surface area contributed by atoms with Crippen molar-refractivity contribution in [3.63, 3.8) is 0 Å². The van der Waals surface area contributed by atoms with Gasteiger partial charge >= 0.3 is 5.97 Å². The monoisotopic (exact) mass is 442 g/mol. The first-order valence-corrected chi connectivity index (χ1v) is 9.21. The molecule has 0 aliphatic rings. The maximum atomic E-state index is 13.8. The predicted octanol–water partition coefficient (Wildman–Crippen LogP) is 4.72. The van der Waals surface area contributed by atoms with E-state index in [0.717, 1.165) is 16.5 Å². The van der Waals surface area contributed by atoms with E-state index in [1.807, 2.05) is 30.3 Å². The first-order chi connectivity index (χ1) is 13.4. The van der Waals surface area contributed by atoms with Crippen LogP contribution in [0, 0.1) is 5.82 Å². The number of fused-ring (bicyclic) bond motifs is 1. The average Bonchev–Trinajstić information content (AvgIpc) is 2.68. The second-order valence-electron chi connectivity index (χ2n) is 5.95. The molecule has 7 heteroatoms. The van der Waals surface area contributed by atoms with Crippen LogP contribution in [0.1, 0.15) is 12.5 Å². The van der Waals surface area contributed by atoms with Gasteiger partial charge in [-0.15, -0.1) is 0 Å². The van der Waals surface area contributed by atoms with Crippen LogP contribution in [0.25, 0.3) is 17.0 Å². The van der Waals surface area contributed by atoms with Gasteiger partial charge in [-0.2, -0.15) is 0 Å². The van der Waals surface area contributed by atoms with Gasteiger partial charge in [0.05, 0.1) is 11.2 Å². The number of ether oxygens (including phenoxy) is 1. The largest absolute Gasteiger partial charge is 0.449 e. The van der Waals surface area contributed by atoms with E-state index in [1.54, 1.807) is 18.3 Å². The number of hydrogen-bond acceptors (Lipinski definition) is 4. The van der Waals surface area contributed by atoms with E-state index < -0.39 is 23.8 Å². The van der Waals surface area contributed by atoms with Crippen molar-refractivity contribution in [2.24, 2.45) is 0 Å². The van der Waals surface area contributed by atoms with Crippen LogP contribution in [0.2, 0.25) is 0 Å². The van der Waals surface area contributed by atoms with Crippen molar-refractivity contribution in [2.75, 3.05) is 5.32 Å². The third-order valence-electron chi connectivity index (χ3n) is 3.91. The molecule has 0 bridgehead atoms. The number of aromatic nitrogens is 1. The van der Waals surface area contributed by atoms with E-state index in [0.29, 0.717) is 4.47 Å². The number of carbonyl (C=O) groups is 2. The van der Waals surface area contributed by atoms with E-state index in [2.05, 4.69) is 26.2 Å². The molecule has 1 amide bonds. The van der Waals surface area contributed by atoms with Crippen LogP contribution in [-0.2, 0) is 14.3 Å². The van der Waals surface area contributed by atoms with Gasteiger partial charge in [-0.1, -0.05) is 40.2 Å². The number of hydrogen-bond donors (Lipinski definition) is 1. The summed E-state index contributed by atoms with van der Waals surface area (Å²) in [5, 5.41) is 3.34. The summed E-state index contributed by atoms with van der Waals surface area (Å²) in [6, 6.07) is 13.6. The Kier molecular flexibility index (Phi) is 6.16. The van der Waals surface area contributed by atoms with Gasteiger partial charge in [-0.25, -0.2) is 9.18 Å². The van der Waals surface area contributed by atoms with Crippen molar-refractivity contribution in [2.45, 2.75) is 13.0 Å². The summed E-state index contributed by atoms with van der Waals surface area (Å²) in [6.07, 6.45) is 3.39. The average molecular weight is 443 g/mol. The lowest BCUT2D eigenvalue weighted by Crippen LogP contribution is -2.29. The molecular weight excluding hydrogens is 427 g/mol. The van der Waals surface area contributed by atoms with Gasteiger partial charge in [0, 0.05) is 27.7 Å². The highest BCUT2D eigenvalue weighted by atomic mass is 79.9. The molecule has 0 aliphatic heterocycles. The SMILES string of the molecule is CC(OC(=O)/C=C/c1cccc2cccnc12)C(=O)Nc1ccc(Br)cc1F. The number of nitrogens with zero attached hydrogens (tertiary/aromatic N) is 1. The van der Waals surface area contributed by atoms with Crippen molar-refractivity contribution in [3.8, 4) is 0 Å². The van der Waals surface area contributed by atoms with Gasteiger partial charge in [0.15, 0.2) is 6.10 Å². The number of carbonyl (C=O) groups excluding carboxylic acids is 2.